The molecule has 5 heteroatoms. The standard InChI is InChI=1S/C13H15ClN2O2/c1-9(2)15-13(18)16-12-6-5-11(14)8-10(12)4-3-7-17/h5-6,8-9,17H,7H2,1-2H3,(H2,15,16,18). The van der Waals surface area contributed by atoms with Crippen LogP contribution in [-0.2, 0) is 0 Å². The van der Waals surface area contributed by atoms with Crippen LogP contribution in [0.3, 0.4) is 0 Å². The molecule has 18 heavy (non-hydrogen) atoms. The van der Waals surface area contributed by atoms with Gasteiger partial charge in [-0.05, 0) is 32.0 Å². The molecule has 0 heterocycles. The van der Waals surface area contributed by atoms with Gasteiger partial charge in [-0.2, -0.15) is 0 Å². The maximum Gasteiger partial charge on any atom is 0.319 e. The van der Waals surface area contributed by atoms with Crippen LogP contribution >= 0.6 is 11.6 Å². The Kier molecular flexibility index (Phi) is 5.50. The van der Waals surface area contributed by atoms with Crippen LogP contribution in [0.4, 0.5) is 10.5 Å². The molecule has 0 fully saturated rings. The average Bonchev–Trinajstić information content (AvgIpc) is 2.28. The monoisotopic (exact) mass is 266 g/mol. The van der Waals surface area contributed by atoms with E-state index in [0.29, 0.717) is 16.3 Å². The zero-order valence-electron chi connectivity index (χ0n) is 10.2. The Bertz CT molecular complexity index is 489. The molecule has 0 bridgehead atoms. The summed E-state index contributed by atoms with van der Waals surface area (Å²) in [7, 11) is 0. The van der Waals surface area contributed by atoms with Gasteiger partial charge < -0.3 is 15.7 Å². The fourth-order valence-corrected chi connectivity index (χ4v) is 1.46. The van der Waals surface area contributed by atoms with Crippen molar-refractivity contribution in [2.24, 2.45) is 0 Å². The number of carbonyl (C=O) groups excluding carboxylic acids is 1. The summed E-state index contributed by atoms with van der Waals surface area (Å²) in [5.41, 5.74) is 1.12. The van der Waals surface area contributed by atoms with Crippen LogP contribution in [0.2, 0.25) is 5.02 Å². The number of rotatable bonds is 2. The number of halogens is 1. The molecule has 4 nitrogen and oxygen atoms in total. The second-order valence-electron chi connectivity index (χ2n) is 3.90. The van der Waals surface area contributed by atoms with Gasteiger partial charge in [0.2, 0.25) is 0 Å². The first kappa shape index (κ1) is 14.4. The number of carbonyl (C=O) groups is 1. The normalized spacial score (nSPS) is 9.61. The average molecular weight is 267 g/mol. The number of hydrogen-bond donors (Lipinski definition) is 3. The Labute approximate surface area is 111 Å². The van der Waals surface area contributed by atoms with Crippen LogP contribution in [-0.4, -0.2) is 23.8 Å². The number of aliphatic hydroxyl groups is 1. The van der Waals surface area contributed by atoms with Crippen molar-refractivity contribution < 1.29 is 9.90 Å². The van der Waals surface area contributed by atoms with Crippen LogP contribution in [0.1, 0.15) is 19.4 Å². The molecule has 0 saturated heterocycles. The molecule has 0 spiro atoms. The van der Waals surface area contributed by atoms with Crippen molar-refractivity contribution in [1.82, 2.24) is 5.32 Å². The number of nitrogens with one attached hydrogen (secondary N) is 2. The summed E-state index contributed by atoms with van der Waals surface area (Å²) in [5, 5.41) is 14.6. The lowest BCUT2D eigenvalue weighted by molar-refractivity contribution is 0.250. The van der Waals surface area contributed by atoms with Crippen LogP contribution < -0.4 is 10.6 Å². The van der Waals surface area contributed by atoms with Crippen molar-refractivity contribution in [3.05, 3.63) is 28.8 Å². The van der Waals surface area contributed by atoms with Crippen molar-refractivity contribution in [2.45, 2.75) is 19.9 Å². The van der Waals surface area contributed by atoms with Crippen molar-refractivity contribution in [1.29, 1.82) is 0 Å². The van der Waals surface area contributed by atoms with E-state index in [-0.39, 0.29) is 18.7 Å². The lowest BCUT2D eigenvalue weighted by Crippen LogP contribution is -2.34. The van der Waals surface area contributed by atoms with E-state index in [1.165, 1.54) is 0 Å². The van der Waals surface area contributed by atoms with E-state index < -0.39 is 0 Å². The summed E-state index contributed by atoms with van der Waals surface area (Å²) in [6, 6.07) is 4.71. The number of amides is 2. The first-order valence-corrected chi connectivity index (χ1v) is 5.87. The minimum Gasteiger partial charge on any atom is -0.384 e. The van der Waals surface area contributed by atoms with E-state index in [4.69, 9.17) is 16.7 Å². The van der Waals surface area contributed by atoms with Crippen molar-refractivity contribution in [3.63, 3.8) is 0 Å². The van der Waals surface area contributed by atoms with Gasteiger partial charge in [-0.15, -0.1) is 0 Å². The molecule has 0 unspecified atom stereocenters. The number of aliphatic hydroxyl groups excluding tert-OH is 1. The number of anilines is 1. The van der Waals surface area contributed by atoms with Gasteiger partial charge in [0, 0.05) is 16.6 Å². The fraction of sp³-hybridized carbons (Fsp3) is 0.308. The molecule has 0 aliphatic carbocycles. The highest BCUT2D eigenvalue weighted by Gasteiger charge is 2.06. The SMILES string of the molecule is CC(C)NC(=O)Nc1ccc(Cl)cc1C#CCO. The second-order valence-corrected chi connectivity index (χ2v) is 4.34. The van der Waals surface area contributed by atoms with Crippen LogP contribution in [0.15, 0.2) is 18.2 Å². The molecule has 0 saturated carbocycles. The lowest BCUT2D eigenvalue weighted by atomic mass is 10.2. The molecule has 1 aromatic rings. The molecular weight excluding hydrogens is 252 g/mol. The van der Waals surface area contributed by atoms with Crippen molar-refractivity contribution in [2.75, 3.05) is 11.9 Å². The van der Waals surface area contributed by atoms with Crippen LogP contribution in [0, 0.1) is 11.8 Å². The van der Waals surface area contributed by atoms with Gasteiger partial charge in [-0.3, -0.25) is 0 Å². The third-order valence-corrected chi connectivity index (χ3v) is 2.19. The second kappa shape index (κ2) is 6.90. The molecule has 96 valence electrons. The first-order valence-electron chi connectivity index (χ1n) is 5.49. The molecular formula is C13H15ClN2O2. The van der Waals surface area contributed by atoms with E-state index in [2.05, 4.69) is 22.5 Å². The highest BCUT2D eigenvalue weighted by atomic mass is 35.5. The van der Waals surface area contributed by atoms with Crippen molar-refractivity contribution >= 4 is 23.3 Å². The summed E-state index contributed by atoms with van der Waals surface area (Å²) in [6.45, 7) is 3.49. The maximum absolute atomic E-state index is 11.6. The molecule has 0 aliphatic heterocycles. The zero-order chi connectivity index (χ0) is 13.5. The van der Waals surface area contributed by atoms with Gasteiger partial charge in [0.25, 0.3) is 0 Å². The Balaban J connectivity index is 2.90. The van der Waals surface area contributed by atoms with Crippen molar-refractivity contribution in [3.8, 4) is 11.8 Å². The molecule has 1 aromatic carbocycles. The molecule has 0 atom stereocenters. The van der Waals surface area contributed by atoms with Gasteiger partial charge in [0.15, 0.2) is 0 Å². The fourth-order valence-electron chi connectivity index (χ4n) is 1.28. The molecule has 0 radical (unpaired) electrons. The predicted molar refractivity (Wildman–Crippen MR) is 72.7 cm³/mol. The van der Waals surface area contributed by atoms with Gasteiger partial charge in [0.1, 0.15) is 6.61 Å². The van der Waals surface area contributed by atoms with E-state index in [9.17, 15) is 4.79 Å². The van der Waals surface area contributed by atoms with E-state index in [1.807, 2.05) is 13.8 Å². The minimum atomic E-state index is -0.306. The van der Waals surface area contributed by atoms with Gasteiger partial charge >= 0.3 is 6.03 Å². The third kappa shape index (κ3) is 4.66. The van der Waals surface area contributed by atoms with E-state index >= 15 is 0 Å². The lowest BCUT2D eigenvalue weighted by Gasteiger charge is -2.11. The molecule has 1 rings (SSSR count). The Hall–Kier alpha value is -1.70. The van der Waals surface area contributed by atoms with Crippen LogP contribution in [0.25, 0.3) is 0 Å². The number of urea groups is 1. The van der Waals surface area contributed by atoms with E-state index in [1.54, 1.807) is 18.2 Å². The Morgan fingerprint density at radius 1 is 1.50 bits per heavy atom. The van der Waals surface area contributed by atoms with Crippen LogP contribution in [0.5, 0.6) is 0 Å². The quantitative estimate of drug-likeness (QED) is 0.719. The van der Waals surface area contributed by atoms with Gasteiger partial charge in [-0.25, -0.2) is 4.79 Å². The summed E-state index contributed by atoms with van der Waals surface area (Å²) < 4.78 is 0. The minimum absolute atomic E-state index is 0.0456. The summed E-state index contributed by atoms with van der Waals surface area (Å²) >= 11 is 5.86. The first-order chi connectivity index (χ1) is 8.52. The summed E-state index contributed by atoms with van der Waals surface area (Å²) in [5.74, 6) is 5.26. The summed E-state index contributed by atoms with van der Waals surface area (Å²) in [4.78, 5) is 11.6. The number of hydrogen-bond acceptors (Lipinski definition) is 2. The maximum atomic E-state index is 11.6. The number of benzene rings is 1. The van der Waals surface area contributed by atoms with Gasteiger partial charge in [-0.1, -0.05) is 23.4 Å². The Morgan fingerprint density at radius 2 is 2.22 bits per heavy atom. The highest BCUT2D eigenvalue weighted by Crippen LogP contribution is 2.19. The molecule has 2 amide bonds. The van der Waals surface area contributed by atoms with Gasteiger partial charge in [0.05, 0.1) is 5.69 Å². The van der Waals surface area contributed by atoms with E-state index in [0.717, 1.165) is 0 Å². The topological polar surface area (TPSA) is 61.4 Å². The Morgan fingerprint density at radius 3 is 2.83 bits per heavy atom. The predicted octanol–water partition coefficient (Wildman–Crippen LogP) is 2.21. The largest absolute Gasteiger partial charge is 0.384 e. The summed E-state index contributed by atoms with van der Waals surface area (Å²) in [6.07, 6.45) is 0. The third-order valence-electron chi connectivity index (χ3n) is 1.95. The molecule has 0 aliphatic rings. The molecule has 3 N–H and O–H groups in total. The zero-order valence-corrected chi connectivity index (χ0v) is 11.0. The molecule has 0 aromatic heterocycles. The smallest absolute Gasteiger partial charge is 0.319 e. The highest BCUT2D eigenvalue weighted by molar-refractivity contribution is 6.30.